The smallest absolute Gasteiger partial charge is 0.315 e. The van der Waals surface area contributed by atoms with Gasteiger partial charge in [-0.15, -0.1) is 0 Å². The van der Waals surface area contributed by atoms with E-state index in [1.165, 1.54) is 0 Å². The van der Waals surface area contributed by atoms with Gasteiger partial charge < -0.3 is 20.5 Å². The molecule has 0 aromatic carbocycles. The van der Waals surface area contributed by atoms with E-state index in [9.17, 15) is 9.90 Å². The summed E-state index contributed by atoms with van der Waals surface area (Å²) >= 11 is 0. The van der Waals surface area contributed by atoms with Gasteiger partial charge in [0.15, 0.2) is 0 Å². The van der Waals surface area contributed by atoms with Crippen molar-refractivity contribution < 1.29 is 14.6 Å². The summed E-state index contributed by atoms with van der Waals surface area (Å²) in [5, 5.41) is 15.4. The molecule has 0 saturated heterocycles. The Hall–Kier alpha value is -0.810. The molecule has 1 aliphatic rings. The van der Waals surface area contributed by atoms with Crippen molar-refractivity contribution in [2.45, 2.75) is 63.7 Å². The highest BCUT2D eigenvalue weighted by molar-refractivity contribution is 5.74. The number of amides is 2. The Morgan fingerprint density at radius 1 is 1.50 bits per heavy atom. The van der Waals surface area contributed by atoms with Crippen molar-refractivity contribution in [2.75, 3.05) is 13.7 Å². The normalized spacial score (nSPS) is 19.8. The Balaban J connectivity index is 2.23. The number of nitrogens with one attached hydrogen (secondary N) is 2. The second-order valence-electron chi connectivity index (χ2n) is 5.97. The van der Waals surface area contributed by atoms with E-state index in [-0.39, 0.29) is 17.7 Å². The zero-order valence-electron chi connectivity index (χ0n) is 11.9. The summed E-state index contributed by atoms with van der Waals surface area (Å²) in [5.74, 6) is 0. The predicted octanol–water partition coefficient (Wildman–Crippen LogP) is 1.40. The standard InChI is InChI=1S/C13H26N2O3/c1-10(8-12(2,3)18-4)15-11(16)14-9-13(17)6-5-7-13/h10,17H,5-9H2,1-4H3,(H2,14,15,16). The molecule has 0 spiro atoms. The molecule has 1 aliphatic carbocycles. The molecular weight excluding hydrogens is 232 g/mol. The summed E-state index contributed by atoms with van der Waals surface area (Å²) in [6.45, 7) is 6.25. The van der Waals surface area contributed by atoms with Crippen LogP contribution in [-0.4, -0.2) is 42.0 Å². The average molecular weight is 258 g/mol. The van der Waals surface area contributed by atoms with Crippen LogP contribution in [0.3, 0.4) is 0 Å². The van der Waals surface area contributed by atoms with E-state index in [4.69, 9.17) is 4.74 Å². The maximum atomic E-state index is 11.6. The van der Waals surface area contributed by atoms with Crippen LogP contribution in [0, 0.1) is 0 Å². The van der Waals surface area contributed by atoms with Crippen LogP contribution in [0.4, 0.5) is 4.79 Å². The van der Waals surface area contributed by atoms with Gasteiger partial charge in [-0.25, -0.2) is 4.79 Å². The maximum Gasteiger partial charge on any atom is 0.315 e. The topological polar surface area (TPSA) is 70.6 Å². The first-order valence-electron chi connectivity index (χ1n) is 6.58. The van der Waals surface area contributed by atoms with E-state index in [0.717, 1.165) is 25.7 Å². The van der Waals surface area contributed by atoms with E-state index in [0.29, 0.717) is 6.54 Å². The number of ether oxygens (including phenoxy) is 1. The molecule has 0 heterocycles. The molecule has 5 heteroatoms. The average Bonchev–Trinajstić information content (AvgIpc) is 2.23. The fourth-order valence-electron chi connectivity index (χ4n) is 2.15. The lowest BCUT2D eigenvalue weighted by Gasteiger charge is -2.36. The SMILES string of the molecule is COC(C)(C)CC(C)NC(=O)NCC1(O)CCC1. The molecule has 3 N–H and O–H groups in total. The van der Waals surface area contributed by atoms with Gasteiger partial charge in [-0.3, -0.25) is 0 Å². The summed E-state index contributed by atoms with van der Waals surface area (Å²) < 4.78 is 5.32. The summed E-state index contributed by atoms with van der Waals surface area (Å²) in [4.78, 5) is 11.6. The van der Waals surface area contributed by atoms with Gasteiger partial charge in [-0.2, -0.15) is 0 Å². The van der Waals surface area contributed by atoms with Crippen LogP contribution < -0.4 is 10.6 Å². The molecule has 5 nitrogen and oxygen atoms in total. The number of hydrogen-bond acceptors (Lipinski definition) is 3. The molecule has 0 aromatic heterocycles. The lowest BCUT2D eigenvalue weighted by atomic mass is 9.80. The molecule has 2 amide bonds. The third-order valence-electron chi connectivity index (χ3n) is 3.59. The van der Waals surface area contributed by atoms with Crippen molar-refractivity contribution in [3.8, 4) is 0 Å². The number of urea groups is 1. The molecule has 1 rings (SSSR count). The van der Waals surface area contributed by atoms with E-state index < -0.39 is 5.60 Å². The van der Waals surface area contributed by atoms with Gasteiger partial charge in [-0.05, 0) is 46.5 Å². The Kier molecular flexibility index (Phi) is 4.99. The minimum Gasteiger partial charge on any atom is -0.388 e. The Morgan fingerprint density at radius 3 is 2.56 bits per heavy atom. The first kappa shape index (κ1) is 15.2. The van der Waals surface area contributed by atoms with E-state index in [2.05, 4.69) is 10.6 Å². The van der Waals surface area contributed by atoms with Crippen LogP contribution >= 0.6 is 0 Å². The van der Waals surface area contributed by atoms with Crippen molar-refractivity contribution in [1.82, 2.24) is 10.6 Å². The van der Waals surface area contributed by atoms with Gasteiger partial charge in [0.2, 0.25) is 0 Å². The molecule has 1 unspecified atom stereocenters. The molecule has 18 heavy (non-hydrogen) atoms. The van der Waals surface area contributed by atoms with E-state index in [1.807, 2.05) is 20.8 Å². The zero-order chi connectivity index (χ0) is 13.8. The maximum absolute atomic E-state index is 11.6. The zero-order valence-corrected chi connectivity index (χ0v) is 11.9. The number of hydrogen-bond donors (Lipinski definition) is 3. The monoisotopic (exact) mass is 258 g/mol. The third kappa shape index (κ3) is 4.82. The predicted molar refractivity (Wildman–Crippen MR) is 70.5 cm³/mol. The molecule has 1 fully saturated rings. The van der Waals surface area contributed by atoms with Crippen molar-refractivity contribution in [1.29, 1.82) is 0 Å². The molecular formula is C13H26N2O3. The second kappa shape index (κ2) is 5.89. The van der Waals surface area contributed by atoms with Gasteiger partial charge in [0.05, 0.1) is 11.2 Å². The Bertz CT molecular complexity index is 288. The first-order chi connectivity index (χ1) is 8.26. The lowest BCUT2D eigenvalue weighted by molar-refractivity contribution is -0.0292. The fourth-order valence-corrected chi connectivity index (χ4v) is 2.15. The van der Waals surface area contributed by atoms with Crippen molar-refractivity contribution >= 4 is 6.03 Å². The molecule has 1 saturated carbocycles. The van der Waals surface area contributed by atoms with Crippen LogP contribution in [0.2, 0.25) is 0 Å². The minimum atomic E-state index is -0.674. The molecule has 1 atom stereocenters. The largest absolute Gasteiger partial charge is 0.388 e. The first-order valence-corrected chi connectivity index (χ1v) is 6.58. The lowest BCUT2D eigenvalue weighted by Crippen LogP contribution is -2.51. The van der Waals surface area contributed by atoms with Gasteiger partial charge >= 0.3 is 6.03 Å². The van der Waals surface area contributed by atoms with Gasteiger partial charge in [0.1, 0.15) is 0 Å². The summed E-state index contributed by atoms with van der Waals surface area (Å²) in [7, 11) is 1.67. The minimum absolute atomic E-state index is 0.0241. The summed E-state index contributed by atoms with van der Waals surface area (Å²) in [5.41, 5.74) is -0.925. The Labute approximate surface area is 109 Å². The highest BCUT2D eigenvalue weighted by atomic mass is 16.5. The molecule has 0 bridgehead atoms. The van der Waals surface area contributed by atoms with Gasteiger partial charge in [0, 0.05) is 19.7 Å². The van der Waals surface area contributed by atoms with Gasteiger partial charge in [-0.1, -0.05) is 0 Å². The van der Waals surface area contributed by atoms with Crippen molar-refractivity contribution in [2.24, 2.45) is 0 Å². The highest BCUT2D eigenvalue weighted by Gasteiger charge is 2.34. The van der Waals surface area contributed by atoms with Crippen LogP contribution in [0.15, 0.2) is 0 Å². The van der Waals surface area contributed by atoms with Crippen LogP contribution in [0.1, 0.15) is 46.5 Å². The second-order valence-corrected chi connectivity index (χ2v) is 5.97. The van der Waals surface area contributed by atoms with Crippen LogP contribution in [0.5, 0.6) is 0 Å². The molecule has 0 aliphatic heterocycles. The van der Waals surface area contributed by atoms with Crippen molar-refractivity contribution in [3.05, 3.63) is 0 Å². The number of methoxy groups -OCH3 is 1. The molecule has 0 aromatic rings. The van der Waals surface area contributed by atoms with Crippen LogP contribution in [-0.2, 0) is 4.74 Å². The summed E-state index contributed by atoms with van der Waals surface area (Å²) in [6, 6.07) is -0.203. The number of carbonyl (C=O) groups excluding carboxylic acids is 1. The van der Waals surface area contributed by atoms with Crippen LogP contribution in [0.25, 0.3) is 0 Å². The Morgan fingerprint density at radius 2 is 2.11 bits per heavy atom. The van der Waals surface area contributed by atoms with E-state index in [1.54, 1.807) is 7.11 Å². The number of rotatable bonds is 6. The fraction of sp³-hybridized carbons (Fsp3) is 0.923. The number of aliphatic hydroxyl groups is 1. The van der Waals surface area contributed by atoms with Gasteiger partial charge in [0.25, 0.3) is 0 Å². The molecule has 0 radical (unpaired) electrons. The van der Waals surface area contributed by atoms with Crippen molar-refractivity contribution in [3.63, 3.8) is 0 Å². The quantitative estimate of drug-likeness (QED) is 0.674. The highest BCUT2D eigenvalue weighted by Crippen LogP contribution is 2.30. The number of carbonyl (C=O) groups is 1. The van der Waals surface area contributed by atoms with E-state index >= 15 is 0 Å². The molecule has 106 valence electrons. The third-order valence-corrected chi connectivity index (χ3v) is 3.59. The summed E-state index contributed by atoms with van der Waals surface area (Å²) in [6.07, 6.45) is 3.33.